The highest BCUT2D eigenvalue weighted by Gasteiger charge is 2.30. The molecule has 2 aromatic heterocycles. The Morgan fingerprint density at radius 3 is 2.11 bits per heavy atom. The highest BCUT2D eigenvalue weighted by atomic mass is 32.1. The van der Waals surface area contributed by atoms with Crippen LogP contribution in [-0.4, -0.2) is 33.5 Å². The largest absolute Gasteiger partial charge is 0.485 e. The van der Waals surface area contributed by atoms with Gasteiger partial charge in [-0.3, -0.25) is 4.90 Å². The normalized spacial score (nSPS) is 15.5. The fourth-order valence-electron chi connectivity index (χ4n) is 6.28. The molecule has 0 unspecified atom stereocenters. The average Bonchev–Trinajstić information content (AvgIpc) is 3.48. The monoisotopic (exact) mass is 642 g/mol. The molecule has 250 valence electrons. The van der Waals surface area contributed by atoms with Crippen molar-refractivity contribution in [2.45, 2.75) is 138 Å². The molecule has 0 aliphatic carbocycles. The van der Waals surface area contributed by atoms with Gasteiger partial charge in [0.05, 0.1) is 9.88 Å². The molecular weight excluding hydrogens is 585 g/mol. The van der Waals surface area contributed by atoms with Crippen LogP contribution in [0.25, 0.3) is 10.4 Å². The predicted molar refractivity (Wildman–Crippen MR) is 197 cm³/mol. The number of nitrogens with two attached hydrogens (primary N) is 1. The summed E-state index contributed by atoms with van der Waals surface area (Å²) in [4.78, 5) is 13.1. The summed E-state index contributed by atoms with van der Waals surface area (Å²) in [6.45, 7) is 29.9. The molecule has 2 N–H and O–H groups in total. The van der Waals surface area contributed by atoms with E-state index in [4.69, 9.17) is 15.5 Å². The minimum Gasteiger partial charge on any atom is -0.485 e. The lowest BCUT2D eigenvalue weighted by Crippen LogP contribution is -2.45. The first kappa shape index (κ1) is 36.0. The van der Waals surface area contributed by atoms with E-state index in [-0.39, 0.29) is 21.8 Å². The van der Waals surface area contributed by atoms with E-state index >= 15 is 0 Å². The third-order valence-corrected chi connectivity index (χ3v) is 10.9. The van der Waals surface area contributed by atoms with E-state index in [2.05, 4.69) is 117 Å². The number of hydrogen-bond donors (Lipinski definition) is 1. The second kappa shape index (κ2) is 13.7. The fraction of sp³-hybridized carbons (Fsp3) is 0.600. The van der Waals surface area contributed by atoms with Crippen LogP contribution in [0.2, 0.25) is 0 Å². The molecule has 1 saturated heterocycles. The highest BCUT2D eigenvalue weighted by molar-refractivity contribution is 7.15. The fourth-order valence-corrected chi connectivity index (χ4v) is 7.35. The molecule has 4 rings (SSSR count). The van der Waals surface area contributed by atoms with Crippen molar-refractivity contribution >= 4 is 17.2 Å². The van der Waals surface area contributed by atoms with Crippen molar-refractivity contribution in [3.63, 3.8) is 0 Å². The van der Waals surface area contributed by atoms with Gasteiger partial charge >= 0.3 is 0 Å². The van der Waals surface area contributed by atoms with Crippen molar-refractivity contribution in [1.82, 2.24) is 14.9 Å². The third kappa shape index (κ3) is 8.52. The van der Waals surface area contributed by atoms with Crippen LogP contribution in [0.5, 0.6) is 5.75 Å². The Labute approximate surface area is 283 Å². The predicted octanol–water partition coefficient (Wildman–Crippen LogP) is 10.1. The molecule has 3 heterocycles. The molecule has 0 amide bonds. The standard InChI is InChI=1S/C40H58N4OS/c1-13-40(12,14-2)18-15-27-21-30(34(38(6,7)8)31(22-27)37(3,4)5)26-45-32-23-29(24-42-35(32)41)33-25-43-36(46-33)28-16-19-44(20-17-28)39(9,10)11/h21-25,28H,13-14,16-17,19-20,26H2,1-12H3,(H2,41,42). The second-order valence-electron chi connectivity index (χ2n) is 16.5. The summed E-state index contributed by atoms with van der Waals surface area (Å²) in [6, 6.07) is 6.55. The van der Waals surface area contributed by atoms with Crippen LogP contribution in [-0.2, 0) is 17.4 Å². The first-order valence-electron chi connectivity index (χ1n) is 17.1. The quantitative estimate of drug-likeness (QED) is 0.260. The molecule has 0 radical (unpaired) electrons. The Kier molecular flexibility index (Phi) is 10.7. The molecule has 1 aliphatic heterocycles. The van der Waals surface area contributed by atoms with Crippen LogP contribution in [0.3, 0.4) is 0 Å². The number of piperidine rings is 1. The zero-order chi connectivity index (χ0) is 34.1. The molecule has 6 heteroatoms. The minimum atomic E-state index is -0.0810. The molecule has 1 aromatic carbocycles. The molecule has 1 aliphatic rings. The molecule has 3 aromatic rings. The van der Waals surface area contributed by atoms with Crippen LogP contribution in [0.15, 0.2) is 30.6 Å². The smallest absolute Gasteiger partial charge is 0.166 e. The van der Waals surface area contributed by atoms with Gasteiger partial charge in [0.1, 0.15) is 6.61 Å². The lowest BCUT2D eigenvalue weighted by atomic mass is 9.72. The van der Waals surface area contributed by atoms with Crippen molar-refractivity contribution in [3.8, 4) is 28.0 Å². The number of benzene rings is 1. The maximum atomic E-state index is 6.54. The number of ether oxygens (including phenoxy) is 1. The summed E-state index contributed by atoms with van der Waals surface area (Å²) in [5, 5.41) is 1.22. The van der Waals surface area contributed by atoms with Gasteiger partial charge in [0, 0.05) is 40.4 Å². The van der Waals surface area contributed by atoms with E-state index in [0.29, 0.717) is 24.1 Å². The van der Waals surface area contributed by atoms with Gasteiger partial charge in [0.15, 0.2) is 11.6 Å². The second-order valence-corrected chi connectivity index (χ2v) is 17.5. The van der Waals surface area contributed by atoms with Gasteiger partial charge in [-0.05, 0) is 112 Å². The summed E-state index contributed by atoms with van der Waals surface area (Å²) in [7, 11) is 0. The molecule has 0 spiro atoms. The summed E-state index contributed by atoms with van der Waals surface area (Å²) >= 11 is 1.77. The van der Waals surface area contributed by atoms with Crippen LogP contribution < -0.4 is 10.5 Å². The first-order valence-corrected chi connectivity index (χ1v) is 18.0. The Bertz CT molecular complexity index is 1560. The number of pyridine rings is 1. The number of anilines is 1. The highest BCUT2D eigenvalue weighted by Crippen LogP contribution is 2.40. The number of rotatable bonds is 7. The van der Waals surface area contributed by atoms with Crippen molar-refractivity contribution in [1.29, 1.82) is 0 Å². The SMILES string of the molecule is CCC(C)(C#Cc1cc(COc2cc(-c3cnc(C4CCN(C(C)(C)C)CC4)s3)cnc2N)c(C(C)(C)C)c(C(C)(C)C)c1)CC. The van der Waals surface area contributed by atoms with Gasteiger partial charge in [-0.15, -0.1) is 11.3 Å². The molecule has 0 saturated carbocycles. The van der Waals surface area contributed by atoms with Crippen LogP contribution >= 0.6 is 11.3 Å². The van der Waals surface area contributed by atoms with E-state index in [0.717, 1.165) is 60.3 Å². The van der Waals surface area contributed by atoms with E-state index in [1.54, 1.807) is 11.3 Å². The van der Waals surface area contributed by atoms with Crippen molar-refractivity contribution < 1.29 is 4.74 Å². The Morgan fingerprint density at radius 1 is 0.891 bits per heavy atom. The summed E-state index contributed by atoms with van der Waals surface area (Å²) in [5.74, 6) is 8.64. The van der Waals surface area contributed by atoms with E-state index in [1.165, 1.54) is 16.1 Å². The maximum absolute atomic E-state index is 6.54. The van der Waals surface area contributed by atoms with E-state index < -0.39 is 0 Å². The topological polar surface area (TPSA) is 64.3 Å². The molecule has 46 heavy (non-hydrogen) atoms. The van der Waals surface area contributed by atoms with Gasteiger partial charge in [-0.25, -0.2) is 9.97 Å². The zero-order valence-electron chi connectivity index (χ0n) is 30.6. The Balaban J connectivity index is 1.63. The van der Waals surface area contributed by atoms with Crippen LogP contribution in [0.1, 0.15) is 142 Å². The van der Waals surface area contributed by atoms with Gasteiger partial charge in [0.25, 0.3) is 0 Å². The Morgan fingerprint density at radius 2 is 1.54 bits per heavy atom. The van der Waals surface area contributed by atoms with Gasteiger partial charge < -0.3 is 10.5 Å². The first-order chi connectivity index (χ1) is 21.3. The average molecular weight is 643 g/mol. The van der Waals surface area contributed by atoms with Crippen molar-refractivity contribution in [3.05, 3.63) is 57.9 Å². The molecule has 0 atom stereocenters. The molecule has 1 fully saturated rings. The van der Waals surface area contributed by atoms with Crippen LogP contribution in [0.4, 0.5) is 5.82 Å². The molecular formula is C40H58N4OS. The number of nitrogen functional groups attached to an aromatic ring is 1. The van der Waals surface area contributed by atoms with Crippen molar-refractivity contribution in [2.24, 2.45) is 5.41 Å². The summed E-state index contributed by atoms with van der Waals surface area (Å²) in [5.41, 5.74) is 12.3. The van der Waals surface area contributed by atoms with Crippen LogP contribution in [0, 0.1) is 17.3 Å². The zero-order valence-corrected chi connectivity index (χ0v) is 31.5. The van der Waals surface area contributed by atoms with Gasteiger partial charge in [0.2, 0.25) is 0 Å². The Hall–Kier alpha value is -2.88. The lowest BCUT2D eigenvalue weighted by molar-refractivity contribution is 0.102. The summed E-state index contributed by atoms with van der Waals surface area (Å²) in [6.07, 6.45) is 8.17. The van der Waals surface area contributed by atoms with Crippen molar-refractivity contribution in [2.75, 3.05) is 18.8 Å². The lowest BCUT2D eigenvalue weighted by Gasteiger charge is -2.40. The number of aromatic nitrogens is 2. The summed E-state index contributed by atoms with van der Waals surface area (Å²) < 4.78 is 6.54. The molecule has 0 bridgehead atoms. The van der Waals surface area contributed by atoms with E-state index in [9.17, 15) is 0 Å². The number of likely N-dealkylation sites (tertiary alicyclic amines) is 1. The maximum Gasteiger partial charge on any atom is 0.166 e. The molecule has 5 nitrogen and oxygen atoms in total. The van der Waals surface area contributed by atoms with Gasteiger partial charge in [-0.2, -0.15) is 0 Å². The number of hydrogen-bond acceptors (Lipinski definition) is 6. The third-order valence-electron chi connectivity index (χ3n) is 9.71. The number of thiazole rings is 1. The minimum absolute atomic E-state index is 0.00208. The van der Waals surface area contributed by atoms with E-state index in [1.807, 2.05) is 18.5 Å². The number of nitrogens with zero attached hydrogens (tertiary/aromatic N) is 3. The van der Waals surface area contributed by atoms with Gasteiger partial charge in [-0.1, -0.05) is 67.2 Å².